The van der Waals surface area contributed by atoms with Crippen LogP contribution in [0.2, 0.25) is 0 Å². The summed E-state index contributed by atoms with van der Waals surface area (Å²) in [5, 5.41) is 0. The minimum absolute atomic E-state index is 0.149. The van der Waals surface area contributed by atoms with E-state index in [0.717, 1.165) is 122 Å². The molecule has 0 aliphatic carbocycles. The summed E-state index contributed by atoms with van der Waals surface area (Å²) in [5.41, 5.74) is 0. The van der Waals surface area contributed by atoms with E-state index in [2.05, 4.69) is 167 Å². The van der Waals surface area contributed by atoms with Gasteiger partial charge in [-0.1, -0.05) is 223 Å². The molecule has 71 heavy (non-hydrogen) atoms. The molecule has 0 aliphatic rings. The van der Waals surface area contributed by atoms with E-state index in [9.17, 15) is 14.4 Å². The third kappa shape index (κ3) is 55.6. The average Bonchev–Trinajstić information content (AvgIpc) is 3.37. The molecule has 0 aromatic rings. The quantitative estimate of drug-likeness (QED) is 0.0262. The Morgan fingerprint density at radius 2 is 0.577 bits per heavy atom. The summed E-state index contributed by atoms with van der Waals surface area (Å²) in [4.78, 5) is 38.1. The molecule has 1 atom stereocenters. The molecular weight excluding hydrogens is 877 g/mol. The van der Waals surface area contributed by atoms with Gasteiger partial charge in [0, 0.05) is 19.3 Å². The second-order valence-corrected chi connectivity index (χ2v) is 17.4. The van der Waals surface area contributed by atoms with E-state index < -0.39 is 12.1 Å². The summed E-state index contributed by atoms with van der Waals surface area (Å²) < 4.78 is 16.7. The van der Waals surface area contributed by atoms with Gasteiger partial charge in [-0.15, -0.1) is 0 Å². The fourth-order valence-corrected chi connectivity index (χ4v) is 6.64. The van der Waals surface area contributed by atoms with Crippen LogP contribution < -0.4 is 0 Å². The third-order valence-corrected chi connectivity index (χ3v) is 10.7. The first kappa shape index (κ1) is 65.8. The van der Waals surface area contributed by atoms with Gasteiger partial charge in [-0.25, -0.2) is 0 Å². The smallest absolute Gasteiger partial charge is 0.306 e. The van der Waals surface area contributed by atoms with E-state index in [1.54, 1.807) is 0 Å². The van der Waals surface area contributed by atoms with Crippen LogP contribution in [0.15, 0.2) is 170 Å². The minimum Gasteiger partial charge on any atom is -0.462 e. The molecule has 0 aromatic heterocycles. The Morgan fingerprint density at radius 1 is 0.296 bits per heavy atom. The predicted octanol–water partition coefficient (Wildman–Crippen LogP) is 18.8. The lowest BCUT2D eigenvalue weighted by molar-refractivity contribution is -0.166. The highest BCUT2D eigenvalue weighted by molar-refractivity contribution is 5.71. The van der Waals surface area contributed by atoms with Crippen molar-refractivity contribution in [1.29, 1.82) is 0 Å². The van der Waals surface area contributed by atoms with E-state index in [0.29, 0.717) is 19.3 Å². The van der Waals surface area contributed by atoms with Gasteiger partial charge in [0.2, 0.25) is 0 Å². The van der Waals surface area contributed by atoms with Gasteiger partial charge in [0.05, 0.1) is 0 Å². The van der Waals surface area contributed by atoms with Crippen LogP contribution in [0.4, 0.5) is 0 Å². The van der Waals surface area contributed by atoms with Crippen molar-refractivity contribution in [3.05, 3.63) is 170 Å². The molecule has 0 radical (unpaired) electrons. The van der Waals surface area contributed by atoms with E-state index in [1.807, 2.05) is 24.3 Å². The van der Waals surface area contributed by atoms with Gasteiger partial charge in [-0.2, -0.15) is 0 Å². The number of hydrogen-bond acceptors (Lipinski definition) is 6. The number of carbonyl (C=O) groups is 3. The largest absolute Gasteiger partial charge is 0.462 e. The SMILES string of the molecule is CC/C=C\C/C=C\C/C=C\C/C=C\C/C=C\C/C=C\CCC(=O)O[C@@H](COC(=O)CC/C=C\C/C=C\C/C=C\C/C=C\C/C=C\CCCCC)COC(=O)CCCCCCC/C=C\C/C=C\C/C=C\CC. The Bertz CT molecular complexity index is 1690. The second-order valence-electron chi connectivity index (χ2n) is 17.4. The lowest BCUT2D eigenvalue weighted by Gasteiger charge is -2.18. The molecule has 0 saturated carbocycles. The maximum atomic E-state index is 12.8. The van der Waals surface area contributed by atoms with Gasteiger partial charge in [-0.3, -0.25) is 14.4 Å². The second kappa shape index (κ2) is 57.3. The molecule has 394 valence electrons. The van der Waals surface area contributed by atoms with Crippen molar-refractivity contribution in [2.45, 2.75) is 207 Å². The molecule has 0 rings (SSSR count). The van der Waals surface area contributed by atoms with Crippen LogP contribution in [0.25, 0.3) is 0 Å². The highest BCUT2D eigenvalue weighted by atomic mass is 16.6. The van der Waals surface area contributed by atoms with Gasteiger partial charge in [0.25, 0.3) is 0 Å². The van der Waals surface area contributed by atoms with Crippen LogP contribution in [0, 0.1) is 0 Å². The molecule has 6 heteroatoms. The zero-order chi connectivity index (χ0) is 51.4. The number of carbonyl (C=O) groups excluding carboxylic acids is 3. The van der Waals surface area contributed by atoms with Crippen molar-refractivity contribution >= 4 is 17.9 Å². The highest BCUT2D eigenvalue weighted by Crippen LogP contribution is 2.11. The van der Waals surface area contributed by atoms with Gasteiger partial charge >= 0.3 is 17.9 Å². The fourth-order valence-electron chi connectivity index (χ4n) is 6.64. The topological polar surface area (TPSA) is 78.9 Å². The first-order chi connectivity index (χ1) is 35.0. The first-order valence-corrected chi connectivity index (χ1v) is 27.6. The average molecular weight is 975 g/mol. The van der Waals surface area contributed by atoms with Crippen molar-refractivity contribution in [2.75, 3.05) is 13.2 Å². The standard InChI is InChI=1S/C65H98O6/c1-4-7-10-13-16-19-22-25-28-30-32-34-37-40-43-46-49-52-55-58-64(67)70-61-62(60-69-63(66)57-54-51-48-45-42-39-36-27-24-21-18-15-12-9-6-3)71-65(68)59-56-53-50-47-44-41-38-35-33-31-29-26-23-20-17-14-11-8-5-2/h8-9,11-12,16-21,25-29,32-36,40-41,43-44,49-50,52-53,62H,4-7,10,13-15,22-24,30-31,37-39,42,45-48,51,54-61H2,1-3H3/b11-8-,12-9-,19-16-,20-17-,21-18-,28-25-,29-26-,34-32-,35-33-,36-27-,43-40-,44-41-,52-49-,53-50-/t62-/m1/s1. The zero-order valence-corrected chi connectivity index (χ0v) is 44.9. The molecule has 0 aromatic carbocycles. The van der Waals surface area contributed by atoms with Gasteiger partial charge in [0.1, 0.15) is 13.2 Å². The fraction of sp³-hybridized carbons (Fsp3) is 0.523. The number of unbranched alkanes of at least 4 members (excludes halogenated alkanes) is 8. The Balaban J connectivity index is 4.68. The molecule has 0 unspecified atom stereocenters. The molecule has 0 aliphatic heterocycles. The van der Waals surface area contributed by atoms with Crippen LogP contribution in [-0.4, -0.2) is 37.2 Å². The van der Waals surface area contributed by atoms with Crippen LogP contribution in [0.1, 0.15) is 201 Å². The van der Waals surface area contributed by atoms with Crippen LogP contribution in [-0.2, 0) is 28.6 Å². The zero-order valence-electron chi connectivity index (χ0n) is 44.9. The minimum atomic E-state index is -0.866. The normalized spacial score (nSPS) is 13.5. The van der Waals surface area contributed by atoms with E-state index in [-0.39, 0.29) is 38.0 Å². The van der Waals surface area contributed by atoms with E-state index in [4.69, 9.17) is 14.2 Å². The third-order valence-electron chi connectivity index (χ3n) is 10.7. The Kier molecular flexibility index (Phi) is 53.1. The number of allylic oxidation sites excluding steroid dienone is 28. The molecule has 0 heterocycles. The van der Waals surface area contributed by atoms with E-state index in [1.165, 1.54) is 25.7 Å². The first-order valence-electron chi connectivity index (χ1n) is 27.6. The monoisotopic (exact) mass is 975 g/mol. The summed E-state index contributed by atoms with van der Waals surface area (Å²) in [5.74, 6) is -1.15. The molecule has 0 fully saturated rings. The molecule has 0 saturated heterocycles. The predicted molar refractivity (Wildman–Crippen MR) is 306 cm³/mol. The summed E-state index contributed by atoms with van der Waals surface area (Å²) in [7, 11) is 0. The summed E-state index contributed by atoms with van der Waals surface area (Å²) in [6.45, 7) is 6.22. The van der Waals surface area contributed by atoms with Crippen LogP contribution in [0.5, 0.6) is 0 Å². The number of ether oxygens (including phenoxy) is 3. The molecular formula is C65H98O6. The molecule has 0 N–H and O–H groups in total. The summed E-state index contributed by atoms with van der Waals surface area (Å²) >= 11 is 0. The highest BCUT2D eigenvalue weighted by Gasteiger charge is 2.19. The van der Waals surface area contributed by atoms with Crippen molar-refractivity contribution in [1.82, 2.24) is 0 Å². The lowest BCUT2D eigenvalue weighted by Crippen LogP contribution is -2.30. The van der Waals surface area contributed by atoms with Crippen molar-refractivity contribution in [3.8, 4) is 0 Å². The van der Waals surface area contributed by atoms with Crippen LogP contribution >= 0.6 is 0 Å². The molecule has 0 bridgehead atoms. The lowest BCUT2D eigenvalue weighted by atomic mass is 10.1. The summed E-state index contributed by atoms with van der Waals surface area (Å²) in [6, 6.07) is 0. The maximum Gasteiger partial charge on any atom is 0.306 e. The van der Waals surface area contributed by atoms with Gasteiger partial charge < -0.3 is 14.2 Å². The van der Waals surface area contributed by atoms with Crippen molar-refractivity contribution in [2.24, 2.45) is 0 Å². The number of esters is 3. The van der Waals surface area contributed by atoms with Gasteiger partial charge in [-0.05, 0) is 128 Å². The molecule has 0 spiro atoms. The Hall–Kier alpha value is -5.23. The van der Waals surface area contributed by atoms with Crippen molar-refractivity contribution in [3.63, 3.8) is 0 Å². The molecule has 6 nitrogen and oxygen atoms in total. The van der Waals surface area contributed by atoms with Crippen molar-refractivity contribution < 1.29 is 28.6 Å². The van der Waals surface area contributed by atoms with Gasteiger partial charge in [0.15, 0.2) is 6.10 Å². The number of hydrogen-bond donors (Lipinski definition) is 0. The van der Waals surface area contributed by atoms with E-state index >= 15 is 0 Å². The Morgan fingerprint density at radius 3 is 0.944 bits per heavy atom. The Labute approximate surface area is 434 Å². The number of rotatable bonds is 47. The molecule has 0 amide bonds. The summed E-state index contributed by atoms with van der Waals surface area (Å²) in [6.07, 6.45) is 85.0. The maximum absolute atomic E-state index is 12.8. The van der Waals surface area contributed by atoms with Crippen LogP contribution in [0.3, 0.4) is 0 Å².